The Labute approximate surface area is 126 Å². The summed E-state index contributed by atoms with van der Waals surface area (Å²) in [6, 6.07) is 8.59. The Kier molecular flexibility index (Phi) is 4.63. The van der Waals surface area contributed by atoms with E-state index in [4.69, 9.17) is 4.74 Å². The molecular formula is C16H24N4O. The van der Waals surface area contributed by atoms with E-state index in [1.807, 2.05) is 11.6 Å². The Balaban J connectivity index is 2.01. The summed E-state index contributed by atoms with van der Waals surface area (Å²) in [6.07, 6.45) is 2.64. The van der Waals surface area contributed by atoms with Crippen LogP contribution in [-0.2, 0) is 11.8 Å². The van der Waals surface area contributed by atoms with Crippen LogP contribution >= 0.6 is 0 Å². The summed E-state index contributed by atoms with van der Waals surface area (Å²) < 4.78 is 7.38. The lowest BCUT2D eigenvalue weighted by Gasteiger charge is -2.27. The van der Waals surface area contributed by atoms with Crippen molar-refractivity contribution in [2.24, 2.45) is 7.05 Å². The van der Waals surface area contributed by atoms with E-state index < -0.39 is 0 Å². The Bertz CT molecular complexity index is 574. The minimum absolute atomic E-state index is 0.120. The van der Waals surface area contributed by atoms with E-state index in [0.29, 0.717) is 6.04 Å². The fraction of sp³-hybridized carbons (Fsp3) is 0.500. The van der Waals surface area contributed by atoms with Crippen molar-refractivity contribution in [3.63, 3.8) is 0 Å². The monoisotopic (exact) mass is 288 g/mol. The van der Waals surface area contributed by atoms with E-state index in [9.17, 15) is 0 Å². The molecule has 5 heteroatoms. The molecule has 0 aliphatic rings. The standard InChI is InChI=1S/C16H24N4O/c1-12(10-16(2,3)21-5)18-14-8-6-13(7-9-14)15-19-17-11-20(15)4/h6-9,11-12,18H,10H2,1-5H3. The predicted molar refractivity (Wildman–Crippen MR) is 85.2 cm³/mol. The van der Waals surface area contributed by atoms with Gasteiger partial charge in [-0.25, -0.2) is 0 Å². The van der Waals surface area contributed by atoms with Gasteiger partial charge >= 0.3 is 0 Å². The van der Waals surface area contributed by atoms with Crippen LogP contribution in [0.25, 0.3) is 11.4 Å². The van der Waals surface area contributed by atoms with Gasteiger partial charge in [-0.15, -0.1) is 10.2 Å². The molecule has 0 amide bonds. The summed E-state index contributed by atoms with van der Waals surface area (Å²) in [7, 11) is 3.69. The van der Waals surface area contributed by atoms with Crippen molar-refractivity contribution in [2.75, 3.05) is 12.4 Å². The van der Waals surface area contributed by atoms with E-state index in [-0.39, 0.29) is 5.60 Å². The Morgan fingerprint density at radius 2 is 1.95 bits per heavy atom. The lowest BCUT2D eigenvalue weighted by Crippen LogP contribution is -2.31. The third-order valence-electron chi connectivity index (χ3n) is 3.62. The van der Waals surface area contributed by atoms with Gasteiger partial charge in [-0.05, 0) is 51.5 Å². The summed E-state index contributed by atoms with van der Waals surface area (Å²) in [5.74, 6) is 0.870. The van der Waals surface area contributed by atoms with E-state index in [1.165, 1.54) is 0 Å². The van der Waals surface area contributed by atoms with Crippen molar-refractivity contribution in [3.05, 3.63) is 30.6 Å². The number of nitrogens with zero attached hydrogens (tertiary/aromatic N) is 3. The summed E-state index contributed by atoms with van der Waals surface area (Å²) in [4.78, 5) is 0. The van der Waals surface area contributed by atoms with Crippen LogP contribution in [0.1, 0.15) is 27.2 Å². The number of hydrogen-bond donors (Lipinski definition) is 1. The number of ether oxygens (including phenoxy) is 1. The van der Waals surface area contributed by atoms with Crippen molar-refractivity contribution >= 4 is 5.69 Å². The minimum Gasteiger partial charge on any atom is -0.382 e. The lowest BCUT2D eigenvalue weighted by molar-refractivity contribution is 0.0128. The number of anilines is 1. The molecule has 1 N–H and O–H groups in total. The highest BCUT2D eigenvalue weighted by molar-refractivity contribution is 5.59. The van der Waals surface area contributed by atoms with Crippen LogP contribution in [0, 0.1) is 0 Å². The zero-order valence-corrected chi connectivity index (χ0v) is 13.4. The number of hydrogen-bond acceptors (Lipinski definition) is 4. The van der Waals surface area contributed by atoms with Crippen molar-refractivity contribution < 1.29 is 4.74 Å². The lowest BCUT2D eigenvalue weighted by atomic mass is 9.99. The van der Waals surface area contributed by atoms with Gasteiger partial charge in [0.2, 0.25) is 0 Å². The molecule has 2 aromatic rings. The molecule has 21 heavy (non-hydrogen) atoms. The van der Waals surface area contributed by atoms with Gasteiger partial charge in [0, 0.05) is 31.5 Å². The fourth-order valence-electron chi connectivity index (χ4n) is 2.42. The molecule has 0 fully saturated rings. The molecule has 0 bridgehead atoms. The van der Waals surface area contributed by atoms with Crippen LogP contribution in [-0.4, -0.2) is 33.5 Å². The average molecular weight is 288 g/mol. The summed E-state index contributed by atoms with van der Waals surface area (Å²) >= 11 is 0. The van der Waals surface area contributed by atoms with Crippen molar-refractivity contribution in [3.8, 4) is 11.4 Å². The van der Waals surface area contributed by atoms with Gasteiger partial charge in [0.15, 0.2) is 5.82 Å². The first-order valence-corrected chi connectivity index (χ1v) is 7.17. The molecule has 0 saturated heterocycles. The van der Waals surface area contributed by atoms with Crippen molar-refractivity contribution in [1.29, 1.82) is 0 Å². The molecule has 0 aliphatic heterocycles. The van der Waals surface area contributed by atoms with E-state index >= 15 is 0 Å². The van der Waals surface area contributed by atoms with Gasteiger partial charge in [-0.3, -0.25) is 0 Å². The number of nitrogens with one attached hydrogen (secondary N) is 1. The van der Waals surface area contributed by atoms with Gasteiger partial charge in [-0.1, -0.05) is 0 Å². The molecule has 1 atom stereocenters. The first-order chi connectivity index (χ1) is 9.91. The number of methoxy groups -OCH3 is 1. The topological polar surface area (TPSA) is 52.0 Å². The summed E-state index contributed by atoms with van der Waals surface area (Å²) in [5, 5.41) is 11.5. The maximum atomic E-state index is 5.47. The average Bonchev–Trinajstić information content (AvgIpc) is 2.85. The third kappa shape index (κ3) is 4.04. The molecule has 0 radical (unpaired) electrons. The van der Waals surface area contributed by atoms with Gasteiger partial charge in [0.05, 0.1) is 5.60 Å². The van der Waals surface area contributed by atoms with Gasteiger partial charge < -0.3 is 14.6 Å². The Morgan fingerprint density at radius 1 is 1.29 bits per heavy atom. The molecule has 2 rings (SSSR count). The highest BCUT2D eigenvalue weighted by atomic mass is 16.5. The van der Waals surface area contributed by atoms with E-state index in [2.05, 4.69) is 60.6 Å². The van der Waals surface area contributed by atoms with E-state index in [0.717, 1.165) is 23.5 Å². The number of rotatable bonds is 6. The van der Waals surface area contributed by atoms with Gasteiger partial charge in [-0.2, -0.15) is 0 Å². The maximum Gasteiger partial charge on any atom is 0.163 e. The minimum atomic E-state index is -0.120. The Morgan fingerprint density at radius 3 is 2.48 bits per heavy atom. The van der Waals surface area contributed by atoms with Gasteiger partial charge in [0.1, 0.15) is 6.33 Å². The zero-order chi connectivity index (χ0) is 15.5. The highest BCUT2D eigenvalue weighted by Crippen LogP contribution is 2.21. The van der Waals surface area contributed by atoms with Crippen molar-refractivity contribution in [2.45, 2.75) is 38.8 Å². The molecule has 0 saturated carbocycles. The SMILES string of the molecule is COC(C)(C)CC(C)Nc1ccc(-c2nncn2C)cc1. The molecule has 1 aromatic carbocycles. The van der Waals surface area contributed by atoms with Gasteiger partial charge in [0.25, 0.3) is 0 Å². The second-order valence-corrected chi connectivity index (χ2v) is 6.06. The molecule has 5 nitrogen and oxygen atoms in total. The first-order valence-electron chi connectivity index (χ1n) is 7.17. The molecular weight excluding hydrogens is 264 g/mol. The predicted octanol–water partition coefficient (Wildman–Crippen LogP) is 3.10. The second kappa shape index (κ2) is 6.26. The van der Waals surface area contributed by atoms with Crippen LogP contribution in [0.15, 0.2) is 30.6 Å². The highest BCUT2D eigenvalue weighted by Gasteiger charge is 2.20. The largest absolute Gasteiger partial charge is 0.382 e. The smallest absolute Gasteiger partial charge is 0.163 e. The maximum absolute atomic E-state index is 5.47. The number of aromatic nitrogens is 3. The summed E-state index contributed by atoms with van der Waals surface area (Å²) in [6.45, 7) is 6.36. The first kappa shape index (κ1) is 15.5. The summed E-state index contributed by atoms with van der Waals surface area (Å²) in [5.41, 5.74) is 2.04. The molecule has 1 heterocycles. The fourth-order valence-corrected chi connectivity index (χ4v) is 2.42. The third-order valence-corrected chi connectivity index (χ3v) is 3.62. The van der Waals surface area contributed by atoms with Crippen LogP contribution in [0.4, 0.5) is 5.69 Å². The molecule has 114 valence electrons. The van der Waals surface area contributed by atoms with E-state index in [1.54, 1.807) is 13.4 Å². The molecule has 1 aromatic heterocycles. The van der Waals surface area contributed by atoms with Crippen molar-refractivity contribution in [1.82, 2.24) is 14.8 Å². The van der Waals surface area contributed by atoms with Crippen LogP contribution in [0.3, 0.4) is 0 Å². The quantitative estimate of drug-likeness (QED) is 0.887. The second-order valence-electron chi connectivity index (χ2n) is 6.06. The molecule has 0 spiro atoms. The molecule has 1 unspecified atom stereocenters. The molecule has 0 aliphatic carbocycles. The zero-order valence-electron chi connectivity index (χ0n) is 13.4. The van der Waals surface area contributed by atoms with Crippen LogP contribution in [0.5, 0.6) is 0 Å². The Hall–Kier alpha value is -1.88. The normalized spacial score (nSPS) is 13.2. The number of benzene rings is 1. The number of aryl methyl sites for hydroxylation is 1. The van der Waals surface area contributed by atoms with Crippen LogP contribution < -0.4 is 5.32 Å². The van der Waals surface area contributed by atoms with Crippen LogP contribution in [0.2, 0.25) is 0 Å².